The van der Waals surface area contributed by atoms with Gasteiger partial charge in [0.1, 0.15) is 4.34 Å². The van der Waals surface area contributed by atoms with Gasteiger partial charge in [-0.3, -0.25) is 0 Å². The highest BCUT2D eigenvalue weighted by molar-refractivity contribution is 8.01. The summed E-state index contributed by atoms with van der Waals surface area (Å²) in [6.07, 6.45) is 4.71. The summed E-state index contributed by atoms with van der Waals surface area (Å²) in [4.78, 5) is 4.18. The molecule has 0 aliphatic heterocycles. The first-order chi connectivity index (χ1) is 13.4. The van der Waals surface area contributed by atoms with Crippen LogP contribution in [0.1, 0.15) is 30.9 Å². The molecule has 1 saturated carbocycles. The zero-order chi connectivity index (χ0) is 20.2. The van der Waals surface area contributed by atoms with Crippen LogP contribution in [0.15, 0.2) is 40.2 Å². The maximum Gasteiger partial charge on any atom is 0.245 e. The van der Waals surface area contributed by atoms with Gasteiger partial charge in [-0.25, -0.2) is 23.2 Å². The van der Waals surface area contributed by atoms with Crippen molar-refractivity contribution < 1.29 is 18.6 Å². The largest absolute Gasteiger partial charge is 0.396 e. The van der Waals surface area contributed by atoms with E-state index < -0.39 is 21.5 Å². The fourth-order valence-electron chi connectivity index (χ4n) is 3.26. The third-order valence-electron chi connectivity index (χ3n) is 5.01. The fourth-order valence-corrected chi connectivity index (χ4v) is 5.64. The van der Waals surface area contributed by atoms with E-state index in [1.165, 1.54) is 0 Å². The number of hydrogen-bond donors (Lipinski definition) is 3. The first kappa shape index (κ1) is 21.5. The highest BCUT2D eigenvalue weighted by Crippen LogP contribution is 2.49. The normalized spacial score (nSPS) is 17.1. The van der Waals surface area contributed by atoms with Gasteiger partial charge in [-0.05, 0) is 30.5 Å². The minimum Gasteiger partial charge on any atom is -0.396 e. The summed E-state index contributed by atoms with van der Waals surface area (Å²) in [7, 11) is -3.51. The molecule has 154 valence electrons. The molecule has 1 unspecified atom stereocenters. The average molecular weight is 444 g/mol. The number of sulfonamides is 1. The summed E-state index contributed by atoms with van der Waals surface area (Å²) in [5.41, 5.74) is 3.64. The maximum absolute atomic E-state index is 12.2. The lowest BCUT2D eigenvalue weighted by Gasteiger charge is -2.44. The number of rotatable bonds is 10. The molecule has 0 saturated heterocycles. The zero-order valence-electron chi connectivity index (χ0n) is 15.6. The van der Waals surface area contributed by atoms with Crippen molar-refractivity contribution in [2.45, 2.75) is 29.7 Å². The van der Waals surface area contributed by atoms with E-state index in [9.17, 15) is 18.6 Å². The number of aromatic nitrogens is 1. The molecular formula is C18H25N3O4S3. The summed E-state index contributed by atoms with van der Waals surface area (Å²) >= 11 is 3.11. The van der Waals surface area contributed by atoms with Gasteiger partial charge in [0, 0.05) is 29.3 Å². The van der Waals surface area contributed by atoms with Gasteiger partial charge in [0.25, 0.3) is 0 Å². The van der Waals surface area contributed by atoms with Gasteiger partial charge in [0.2, 0.25) is 10.0 Å². The van der Waals surface area contributed by atoms with E-state index in [0.717, 1.165) is 34.3 Å². The molecule has 1 aliphatic carbocycles. The Hall–Kier alpha value is -1.17. The van der Waals surface area contributed by atoms with E-state index in [2.05, 4.69) is 10.4 Å². The summed E-state index contributed by atoms with van der Waals surface area (Å²) < 4.78 is 26.5. The molecule has 1 heterocycles. The Morgan fingerprint density at radius 1 is 1.36 bits per heavy atom. The number of thioether (sulfide) groups is 1. The van der Waals surface area contributed by atoms with E-state index in [1.54, 1.807) is 53.6 Å². The minimum atomic E-state index is -3.51. The van der Waals surface area contributed by atoms with Crippen LogP contribution in [0.4, 0.5) is 5.69 Å². The van der Waals surface area contributed by atoms with Crippen LogP contribution >= 0.6 is 23.1 Å². The highest BCUT2D eigenvalue weighted by Gasteiger charge is 2.43. The Labute approximate surface area is 173 Å². The van der Waals surface area contributed by atoms with E-state index in [0.29, 0.717) is 23.5 Å². The molecule has 3 N–H and O–H groups in total. The van der Waals surface area contributed by atoms with Crippen molar-refractivity contribution in [3.05, 3.63) is 41.4 Å². The van der Waals surface area contributed by atoms with Gasteiger partial charge < -0.3 is 10.2 Å². The predicted octanol–water partition coefficient (Wildman–Crippen LogP) is 2.40. The van der Waals surface area contributed by atoms with Crippen molar-refractivity contribution in [1.29, 1.82) is 0 Å². The smallest absolute Gasteiger partial charge is 0.245 e. The van der Waals surface area contributed by atoms with E-state index in [-0.39, 0.29) is 6.61 Å². The number of aliphatic hydroxyl groups is 2. The number of benzene rings is 1. The Bertz CT molecular complexity index is 847. The Morgan fingerprint density at radius 3 is 2.57 bits per heavy atom. The standard InChI is InChI=1S/C18H25N3O4S3/c1-28(24,25)21(20-10-12-27-17-19-9-11-26-17)15-5-3-14(4-6-15)16(23)18(13-22)7-2-8-18/h3-6,9,11,16,20,22-23H,2,7-8,10,12-13H2,1H3. The van der Waals surface area contributed by atoms with Crippen molar-refractivity contribution >= 4 is 38.8 Å². The first-order valence-corrected chi connectivity index (χ1v) is 12.7. The topological polar surface area (TPSA) is 103 Å². The Morgan fingerprint density at radius 2 is 2.07 bits per heavy atom. The van der Waals surface area contributed by atoms with Crippen molar-refractivity contribution in [3.63, 3.8) is 0 Å². The fraction of sp³-hybridized carbons (Fsp3) is 0.500. The second-order valence-corrected chi connectivity index (χ2v) is 11.0. The van der Waals surface area contributed by atoms with Crippen LogP contribution in [0.25, 0.3) is 0 Å². The molecule has 0 amide bonds. The Balaban J connectivity index is 1.65. The van der Waals surface area contributed by atoms with Crippen molar-refractivity contribution in [1.82, 2.24) is 10.4 Å². The minimum absolute atomic E-state index is 0.0519. The summed E-state index contributed by atoms with van der Waals surface area (Å²) in [5, 5.41) is 22.2. The lowest BCUT2D eigenvalue weighted by molar-refractivity contribution is -0.0734. The predicted molar refractivity (Wildman–Crippen MR) is 113 cm³/mol. The molecule has 0 bridgehead atoms. The molecule has 28 heavy (non-hydrogen) atoms. The second-order valence-electron chi connectivity index (χ2n) is 6.95. The molecule has 1 atom stereocenters. The van der Waals surface area contributed by atoms with Crippen molar-refractivity contribution in [2.24, 2.45) is 5.41 Å². The molecule has 1 fully saturated rings. The van der Waals surface area contributed by atoms with E-state index in [1.807, 2.05) is 5.38 Å². The molecule has 2 aromatic rings. The number of aliphatic hydroxyl groups excluding tert-OH is 2. The van der Waals surface area contributed by atoms with E-state index >= 15 is 0 Å². The van der Waals surface area contributed by atoms with Gasteiger partial charge >= 0.3 is 0 Å². The molecule has 1 aromatic carbocycles. The van der Waals surface area contributed by atoms with E-state index in [4.69, 9.17) is 0 Å². The molecule has 7 nitrogen and oxygen atoms in total. The number of hydrazine groups is 1. The van der Waals surface area contributed by atoms with Crippen LogP contribution in [0.3, 0.4) is 0 Å². The lowest BCUT2D eigenvalue weighted by Crippen LogP contribution is -2.43. The molecule has 1 aliphatic rings. The SMILES string of the molecule is CS(=O)(=O)N(NCCSc1nccs1)c1ccc(C(O)C2(CO)CCC2)cc1. The number of thiazole rings is 1. The summed E-state index contributed by atoms with van der Waals surface area (Å²) in [6, 6.07) is 6.79. The first-order valence-electron chi connectivity index (χ1n) is 9.01. The second kappa shape index (κ2) is 9.10. The average Bonchev–Trinajstić information content (AvgIpc) is 3.14. The van der Waals surface area contributed by atoms with Crippen LogP contribution in [0.2, 0.25) is 0 Å². The maximum atomic E-state index is 12.2. The third-order valence-corrected chi connectivity index (χ3v) is 7.98. The van der Waals surface area contributed by atoms with Gasteiger partial charge in [0.15, 0.2) is 0 Å². The van der Waals surface area contributed by atoms with Crippen LogP contribution in [0.5, 0.6) is 0 Å². The monoisotopic (exact) mass is 443 g/mol. The summed E-state index contributed by atoms with van der Waals surface area (Å²) in [5.74, 6) is 0.676. The number of nitrogens with one attached hydrogen (secondary N) is 1. The molecular weight excluding hydrogens is 418 g/mol. The Kier molecular flexibility index (Phi) is 7.00. The molecule has 0 radical (unpaired) electrons. The molecule has 10 heteroatoms. The number of nitrogens with zero attached hydrogens (tertiary/aromatic N) is 2. The summed E-state index contributed by atoms with van der Waals surface area (Å²) in [6.45, 7) is 0.402. The third kappa shape index (κ3) is 4.87. The number of hydrogen-bond acceptors (Lipinski definition) is 8. The quantitative estimate of drug-likeness (QED) is 0.294. The van der Waals surface area contributed by atoms with Gasteiger partial charge in [-0.2, -0.15) is 0 Å². The zero-order valence-corrected chi connectivity index (χ0v) is 18.1. The molecule has 3 rings (SSSR count). The van der Waals surface area contributed by atoms with Crippen molar-refractivity contribution in [3.8, 4) is 0 Å². The van der Waals surface area contributed by atoms with Gasteiger partial charge in [-0.15, -0.1) is 11.3 Å². The molecule has 1 aromatic heterocycles. The van der Waals surface area contributed by atoms with Gasteiger partial charge in [0.05, 0.1) is 24.7 Å². The van der Waals surface area contributed by atoms with Crippen LogP contribution in [-0.4, -0.2) is 48.8 Å². The highest BCUT2D eigenvalue weighted by atomic mass is 32.2. The van der Waals surface area contributed by atoms with Gasteiger partial charge in [-0.1, -0.05) is 30.3 Å². The molecule has 0 spiro atoms. The van der Waals surface area contributed by atoms with Crippen LogP contribution < -0.4 is 9.84 Å². The lowest BCUT2D eigenvalue weighted by atomic mass is 9.64. The van der Waals surface area contributed by atoms with Crippen LogP contribution in [-0.2, 0) is 10.0 Å². The number of anilines is 1. The van der Waals surface area contributed by atoms with Crippen LogP contribution in [0, 0.1) is 5.41 Å². The van der Waals surface area contributed by atoms with Crippen molar-refractivity contribution in [2.75, 3.05) is 29.6 Å².